The molecular weight excluding hydrogens is 355 g/mol. The summed E-state index contributed by atoms with van der Waals surface area (Å²) in [5.41, 5.74) is 1.03. The Bertz CT molecular complexity index is 676. The number of amides is 1. The molecule has 0 spiro atoms. The van der Waals surface area contributed by atoms with Crippen molar-refractivity contribution in [1.29, 1.82) is 0 Å². The van der Waals surface area contributed by atoms with Crippen molar-refractivity contribution in [2.45, 2.75) is 38.1 Å². The molecule has 1 aromatic rings. The number of carbonyl (C=O) groups excluding carboxylic acids is 1. The van der Waals surface area contributed by atoms with E-state index in [9.17, 15) is 9.90 Å². The van der Waals surface area contributed by atoms with Crippen LogP contribution in [-0.2, 0) is 4.79 Å². The fourth-order valence-corrected chi connectivity index (χ4v) is 3.90. The first-order valence-corrected chi connectivity index (χ1v) is 8.68. The third-order valence-corrected chi connectivity index (χ3v) is 5.07. The van der Waals surface area contributed by atoms with Gasteiger partial charge in [-0.2, -0.15) is 0 Å². The molecule has 23 heavy (non-hydrogen) atoms. The van der Waals surface area contributed by atoms with Crippen LogP contribution in [0, 0.1) is 0 Å². The second-order valence-electron chi connectivity index (χ2n) is 5.79. The lowest BCUT2D eigenvalue weighted by molar-refractivity contribution is -0.124. The lowest BCUT2D eigenvalue weighted by atomic mass is 9.94. The Kier molecular flexibility index (Phi) is 4.80. The zero-order valence-electron chi connectivity index (χ0n) is 12.3. The summed E-state index contributed by atoms with van der Waals surface area (Å²) in [6.07, 6.45) is 7.08. The Balaban J connectivity index is 1.86. The van der Waals surface area contributed by atoms with Gasteiger partial charge in [-0.1, -0.05) is 42.5 Å². The van der Waals surface area contributed by atoms with Crippen LogP contribution in [-0.4, -0.2) is 27.1 Å². The van der Waals surface area contributed by atoms with Crippen LogP contribution >= 0.6 is 35.4 Å². The first kappa shape index (κ1) is 16.6. The smallest absolute Gasteiger partial charge is 0.276 e. The van der Waals surface area contributed by atoms with Crippen molar-refractivity contribution in [3.05, 3.63) is 33.4 Å². The number of thiocarbonyl (C=S) groups is 1. The first-order valence-electron chi connectivity index (χ1n) is 7.51. The van der Waals surface area contributed by atoms with Crippen molar-refractivity contribution in [2.24, 2.45) is 0 Å². The quantitative estimate of drug-likeness (QED) is 0.607. The molecule has 0 radical (unpaired) electrons. The van der Waals surface area contributed by atoms with E-state index in [0.717, 1.165) is 25.7 Å². The lowest BCUT2D eigenvalue weighted by Crippen LogP contribution is -2.41. The van der Waals surface area contributed by atoms with Crippen LogP contribution in [0.2, 0.25) is 10.0 Å². The lowest BCUT2D eigenvalue weighted by Gasteiger charge is -2.29. The third-order valence-electron chi connectivity index (χ3n) is 4.20. The minimum absolute atomic E-state index is 0.123. The summed E-state index contributed by atoms with van der Waals surface area (Å²) in [7, 11) is 0. The monoisotopic (exact) mass is 370 g/mol. The van der Waals surface area contributed by atoms with Gasteiger partial charge in [-0.3, -0.25) is 9.69 Å². The number of rotatable bonds is 2. The van der Waals surface area contributed by atoms with Gasteiger partial charge in [0.1, 0.15) is 5.70 Å². The number of hydrogen-bond acceptors (Lipinski definition) is 3. The molecular formula is C16H16Cl2N2O2S. The highest BCUT2D eigenvalue weighted by molar-refractivity contribution is 7.80. The fourth-order valence-electron chi connectivity index (χ4n) is 3.05. The molecule has 0 atom stereocenters. The molecule has 0 bridgehead atoms. The Hall–Kier alpha value is -1.30. The third kappa shape index (κ3) is 3.32. The van der Waals surface area contributed by atoms with Crippen LogP contribution in [0.15, 0.2) is 17.8 Å². The largest absolute Gasteiger partial charge is 0.505 e. The molecule has 1 aliphatic carbocycles. The molecule has 1 saturated heterocycles. The van der Waals surface area contributed by atoms with Gasteiger partial charge in [-0.15, -0.1) is 0 Å². The standard InChI is InChI=1S/C16H16Cl2N2O2S/c17-11-6-9(7-12(18)14(11)21)8-13-15(22)20(16(23)19-13)10-4-2-1-3-5-10/h6-8,10,21H,1-5H2,(H,19,23)/b13-8-. The molecule has 4 nitrogen and oxygen atoms in total. The van der Waals surface area contributed by atoms with Crippen molar-refractivity contribution in [3.63, 3.8) is 0 Å². The van der Waals surface area contributed by atoms with Gasteiger partial charge in [0.25, 0.3) is 5.91 Å². The first-order chi connectivity index (χ1) is 11.0. The van der Waals surface area contributed by atoms with Crippen molar-refractivity contribution in [1.82, 2.24) is 10.2 Å². The van der Waals surface area contributed by atoms with Crippen LogP contribution in [0.5, 0.6) is 5.75 Å². The highest BCUT2D eigenvalue weighted by Gasteiger charge is 2.36. The molecule has 7 heteroatoms. The molecule has 1 amide bonds. The summed E-state index contributed by atoms with van der Waals surface area (Å²) in [5.74, 6) is -0.289. The number of nitrogens with zero attached hydrogens (tertiary/aromatic N) is 1. The van der Waals surface area contributed by atoms with E-state index in [2.05, 4.69) is 5.32 Å². The maximum Gasteiger partial charge on any atom is 0.276 e. The molecule has 3 rings (SSSR count). The summed E-state index contributed by atoms with van der Waals surface area (Å²) >= 11 is 17.2. The van der Waals surface area contributed by atoms with Crippen LogP contribution in [0.1, 0.15) is 37.7 Å². The minimum Gasteiger partial charge on any atom is -0.505 e. The molecule has 0 aromatic heterocycles. The second-order valence-corrected chi connectivity index (χ2v) is 6.99. The maximum absolute atomic E-state index is 12.6. The maximum atomic E-state index is 12.6. The predicted octanol–water partition coefficient (Wildman–Crippen LogP) is 4.09. The number of phenols is 1. The van der Waals surface area contributed by atoms with Crippen LogP contribution in [0.25, 0.3) is 6.08 Å². The molecule has 0 unspecified atom stereocenters. The minimum atomic E-state index is -0.166. The van der Waals surface area contributed by atoms with Crippen LogP contribution < -0.4 is 5.32 Å². The number of nitrogens with one attached hydrogen (secondary N) is 1. The van der Waals surface area contributed by atoms with E-state index in [4.69, 9.17) is 35.4 Å². The molecule has 1 aliphatic heterocycles. The highest BCUT2D eigenvalue weighted by Crippen LogP contribution is 2.34. The summed E-state index contributed by atoms with van der Waals surface area (Å²) in [5, 5.41) is 13.3. The second kappa shape index (κ2) is 6.67. The van der Waals surface area contributed by atoms with Crippen molar-refractivity contribution in [3.8, 4) is 5.75 Å². The van der Waals surface area contributed by atoms with Crippen LogP contribution in [0.4, 0.5) is 0 Å². The number of aromatic hydroxyl groups is 1. The van der Waals surface area contributed by atoms with E-state index in [-0.39, 0.29) is 27.7 Å². The molecule has 122 valence electrons. The van der Waals surface area contributed by atoms with Gasteiger partial charge in [-0.05, 0) is 48.8 Å². The van der Waals surface area contributed by atoms with Gasteiger partial charge in [0, 0.05) is 6.04 Å². The molecule has 1 heterocycles. The number of halogens is 2. The molecule has 1 saturated carbocycles. The molecule has 2 fully saturated rings. The SMILES string of the molecule is O=C1/C(=C/c2cc(Cl)c(O)c(Cl)c2)NC(=S)N1C1CCCCC1. The number of carbonyl (C=O) groups is 1. The average Bonchev–Trinajstić information content (AvgIpc) is 2.80. The number of hydrogen-bond donors (Lipinski definition) is 2. The predicted molar refractivity (Wildman–Crippen MR) is 95.6 cm³/mol. The van der Waals surface area contributed by atoms with Gasteiger partial charge < -0.3 is 10.4 Å². The normalized spacial score (nSPS) is 21.1. The Morgan fingerprint density at radius 2 is 1.83 bits per heavy atom. The summed E-state index contributed by atoms with van der Waals surface area (Å²) in [6, 6.07) is 3.28. The van der Waals surface area contributed by atoms with Crippen molar-refractivity contribution >= 4 is 52.5 Å². The average molecular weight is 371 g/mol. The van der Waals surface area contributed by atoms with Gasteiger partial charge in [0.15, 0.2) is 10.9 Å². The molecule has 2 N–H and O–H groups in total. The van der Waals surface area contributed by atoms with E-state index in [0.29, 0.717) is 16.4 Å². The fraction of sp³-hybridized carbons (Fsp3) is 0.375. The van der Waals surface area contributed by atoms with Gasteiger partial charge in [0.2, 0.25) is 0 Å². The van der Waals surface area contributed by atoms with E-state index in [1.807, 2.05) is 0 Å². The van der Waals surface area contributed by atoms with Gasteiger partial charge >= 0.3 is 0 Å². The Labute approximate surface area is 150 Å². The molecule has 2 aliphatic rings. The van der Waals surface area contributed by atoms with Gasteiger partial charge in [-0.25, -0.2) is 0 Å². The van der Waals surface area contributed by atoms with Crippen molar-refractivity contribution in [2.75, 3.05) is 0 Å². The number of phenolic OH excluding ortho intramolecular Hbond substituents is 1. The zero-order chi connectivity index (χ0) is 16.6. The zero-order valence-corrected chi connectivity index (χ0v) is 14.6. The summed E-state index contributed by atoms with van der Waals surface area (Å²) in [6.45, 7) is 0. The van der Waals surface area contributed by atoms with E-state index < -0.39 is 0 Å². The summed E-state index contributed by atoms with van der Waals surface area (Å²) < 4.78 is 0. The summed E-state index contributed by atoms with van der Waals surface area (Å²) in [4.78, 5) is 14.3. The van der Waals surface area contributed by atoms with E-state index in [1.165, 1.54) is 6.42 Å². The van der Waals surface area contributed by atoms with Gasteiger partial charge in [0.05, 0.1) is 10.0 Å². The van der Waals surface area contributed by atoms with E-state index in [1.54, 1.807) is 23.1 Å². The highest BCUT2D eigenvalue weighted by atomic mass is 35.5. The Morgan fingerprint density at radius 3 is 2.43 bits per heavy atom. The van der Waals surface area contributed by atoms with Crippen molar-refractivity contribution < 1.29 is 9.90 Å². The van der Waals surface area contributed by atoms with Crippen LogP contribution in [0.3, 0.4) is 0 Å². The van der Waals surface area contributed by atoms with E-state index >= 15 is 0 Å². The Morgan fingerprint density at radius 1 is 1.22 bits per heavy atom. The molecule has 1 aromatic carbocycles. The number of benzene rings is 1. The topological polar surface area (TPSA) is 52.6 Å².